The topological polar surface area (TPSA) is 59.0 Å². The molecule has 2 aliphatic heterocycles. The van der Waals surface area contributed by atoms with Crippen molar-refractivity contribution in [2.24, 2.45) is 0 Å². The number of alkyl halides is 3. The lowest BCUT2D eigenvalue weighted by Crippen LogP contribution is -2.47. The largest absolute Gasteiger partial charge is 0.490 e. The predicted octanol–water partition coefficient (Wildman–Crippen LogP) is 3.15. The fraction of sp³-hybridized carbons (Fsp3) is 0.688. The van der Waals surface area contributed by atoms with Gasteiger partial charge in [0.1, 0.15) is 0 Å². The van der Waals surface area contributed by atoms with Gasteiger partial charge in [-0.15, -0.1) is 11.3 Å². The molecule has 3 heterocycles. The molecule has 0 amide bonds. The highest BCUT2D eigenvalue weighted by Gasteiger charge is 2.43. The number of carbonyl (C=O) groups is 1. The summed E-state index contributed by atoms with van der Waals surface area (Å²) in [5.41, 5.74) is 0.0657. The monoisotopic (exact) mass is 381 g/mol. The first-order chi connectivity index (χ1) is 11.7. The van der Waals surface area contributed by atoms with Crippen molar-refractivity contribution >= 4 is 17.3 Å². The Labute approximate surface area is 148 Å². The molecule has 25 heavy (non-hydrogen) atoms. The summed E-state index contributed by atoms with van der Waals surface area (Å²) in [6.45, 7) is 4.09. The van der Waals surface area contributed by atoms with Gasteiger partial charge in [0, 0.05) is 31.5 Å². The van der Waals surface area contributed by atoms with E-state index in [9.17, 15) is 13.2 Å². The Morgan fingerprint density at radius 1 is 1.56 bits per heavy atom. The number of nitrogens with zero attached hydrogens (tertiary/aromatic N) is 1. The van der Waals surface area contributed by atoms with E-state index in [0.29, 0.717) is 6.10 Å². The van der Waals surface area contributed by atoms with Gasteiger partial charge in [0.2, 0.25) is 0 Å². The minimum atomic E-state index is -5.08. The second-order valence-electron chi connectivity index (χ2n) is 6.25. The lowest BCUT2D eigenvalue weighted by molar-refractivity contribution is -0.192. The molecule has 0 radical (unpaired) electrons. The second-order valence-corrected chi connectivity index (χ2v) is 7.28. The summed E-state index contributed by atoms with van der Waals surface area (Å²) in [6.07, 6.45) is -1.30. The second kappa shape index (κ2) is 8.48. The number of thiophene rings is 1. The molecular formula is C16H22F3NO4S. The van der Waals surface area contributed by atoms with Crippen molar-refractivity contribution in [3.05, 3.63) is 22.4 Å². The third-order valence-corrected chi connectivity index (χ3v) is 5.19. The van der Waals surface area contributed by atoms with Crippen LogP contribution in [0, 0.1) is 0 Å². The third-order valence-electron chi connectivity index (χ3n) is 4.33. The van der Waals surface area contributed by atoms with Gasteiger partial charge >= 0.3 is 12.1 Å². The number of rotatable bonds is 3. The van der Waals surface area contributed by atoms with Crippen molar-refractivity contribution in [1.82, 2.24) is 4.90 Å². The van der Waals surface area contributed by atoms with Crippen molar-refractivity contribution in [1.29, 1.82) is 0 Å². The number of aliphatic carboxylic acids is 1. The molecule has 9 heteroatoms. The molecule has 0 aromatic carbocycles. The predicted molar refractivity (Wildman–Crippen MR) is 86.6 cm³/mol. The van der Waals surface area contributed by atoms with Crippen LogP contribution in [-0.2, 0) is 20.8 Å². The van der Waals surface area contributed by atoms with Gasteiger partial charge in [0.05, 0.1) is 18.3 Å². The summed E-state index contributed by atoms with van der Waals surface area (Å²) in [5.74, 6) is -2.76. The van der Waals surface area contributed by atoms with E-state index in [1.165, 1.54) is 24.3 Å². The highest BCUT2D eigenvalue weighted by molar-refractivity contribution is 7.09. The van der Waals surface area contributed by atoms with Crippen molar-refractivity contribution in [3.8, 4) is 0 Å². The maximum Gasteiger partial charge on any atom is 0.490 e. The van der Waals surface area contributed by atoms with Crippen LogP contribution >= 0.6 is 11.3 Å². The molecule has 3 rings (SSSR count). The van der Waals surface area contributed by atoms with Crippen LogP contribution in [-0.4, -0.2) is 60.7 Å². The number of carboxylic acids is 1. The Kier molecular flexibility index (Phi) is 6.84. The van der Waals surface area contributed by atoms with E-state index in [2.05, 4.69) is 22.4 Å². The standard InChI is InChI=1S/C14H21NO2S.C2HF3O2/c1-16-12-8-14(17-10-12)5-3-6-15(11-14)9-13-4-2-7-18-13;3-2(4,5)1(6)7/h2,4,7,12H,3,5-6,8-11H2,1H3;(H,6,7)/t12-,14+;/m1./s1. The molecule has 1 spiro atoms. The smallest absolute Gasteiger partial charge is 0.475 e. The zero-order valence-electron chi connectivity index (χ0n) is 13.9. The fourth-order valence-corrected chi connectivity index (χ4v) is 3.93. The van der Waals surface area contributed by atoms with E-state index >= 15 is 0 Å². The molecule has 0 aliphatic carbocycles. The van der Waals surface area contributed by atoms with Crippen molar-refractivity contribution in [2.75, 3.05) is 26.8 Å². The van der Waals surface area contributed by atoms with Crippen molar-refractivity contribution in [3.63, 3.8) is 0 Å². The zero-order valence-corrected chi connectivity index (χ0v) is 14.7. The van der Waals surface area contributed by atoms with E-state index in [0.717, 1.165) is 26.1 Å². The highest BCUT2D eigenvalue weighted by Crippen LogP contribution is 2.36. The average Bonchev–Trinajstić information content (AvgIpc) is 3.17. The Hall–Kier alpha value is -1.16. The summed E-state index contributed by atoms with van der Waals surface area (Å²) in [6, 6.07) is 4.35. The van der Waals surface area contributed by atoms with Crippen LogP contribution in [0.15, 0.2) is 17.5 Å². The molecule has 0 saturated carbocycles. The van der Waals surface area contributed by atoms with Crippen molar-refractivity contribution in [2.45, 2.75) is 43.7 Å². The lowest BCUT2D eigenvalue weighted by Gasteiger charge is -2.39. The number of hydrogen-bond donors (Lipinski definition) is 1. The van der Waals surface area contributed by atoms with Crippen LogP contribution in [0.5, 0.6) is 0 Å². The van der Waals surface area contributed by atoms with E-state index in [-0.39, 0.29) is 5.60 Å². The summed E-state index contributed by atoms with van der Waals surface area (Å²) < 4.78 is 43.2. The molecule has 1 aromatic heterocycles. The Morgan fingerprint density at radius 2 is 2.28 bits per heavy atom. The number of piperidine rings is 1. The molecule has 2 aliphatic rings. The Bertz CT molecular complexity index is 552. The number of ether oxygens (including phenoxy) is 2. The minimum Gasteiger partial charge on any atom is -0.475 e. The molecule has 5 nitrogen and oxygen atoms in total. The van der Waals surface area contributed by atoms with Crippen LogP contribution in [0.25, 0.3) is 0 Å². The Balaban J connectivity index is 0.000000277. The van der Waals surface area contributed by atoms with Crippen LogP contribution in [0.4, 0.5) is 13.2 Å². The summed E-state index contributed by atoms with van der Waals surface area (Å²) in [5, 5.41) is 9.28. The van der Waals surface area contributed by atoms with E-state index < -0.39 is 12.1 Å². The first kappa shape index (κ1) is 20.2. The number of carboxylic acid groups (broad SMARTS) is 1. The summed E-state index contributed by atoms with van der Waals surface area (Å²) in [4.78, 5) is 12.9. The Morgan fingerprint density at radius 3 is 2.80 bits per heavy atom. The van der Waals surface area contributed by atoms with Gasteiger partial charge in [-0.1, -0.05) is 6.07 Å². The van der Waals surface area contributed by atoms with E-state index in [1.54, 1.807) is 7.11 Å². The molecule has 142 valence electrons. The number of halogens is 3. The highest BCUT2D eigenvalue weighted by atomic mass is 32.1. The third kappa shape index (κ3) is 5.95. The maximum absolute atomic E-state index is 10.6. The minimum absolute atomic E-state index is 0.0657. The SMILES string of the molecule is CO[C@H]1CO[C@@]2(CCCN(Cc3cccs3)C2)C1.O=C(O)C(F)(F)F. The van der Waals surface area contributed by atoms with Gasteiger partial charge in [0.15, 0.2) is 0 Å². The number of methoxy groups -OCH3 is 1. The number of hydrogen-bond acceptors (Lipinski definition) is 5. The van der Waals surface area contributed by atoms with Gasteiger partial charge in [-0.2, -0.15) is 13.2 Å². The fourth-order valence-electron chi connectivity index (χ4n) is 3.19. The van der Waals surface area contributed by atoms with Crippen LogP contribution < -0.4 is 0 Å². The van der Waals surface area contributed by atoms with Gasteiger partial charge in [-0.05, 0) is 30.8 Å². The molecular weight excluding hydrogens is 359 g/mol. The molecule has 0 unspecified atom stereocenters. The van der Waals surface area contributed by atoms with E-state index in [4.69, 9.17) is 19.4 Å². The molecule has 2 atom stereocenters. The zero-order chi connectivity index (χ0) is 18.5. The summed E-state index contributed by atoms with van der Waals surface area (Å²) in [7, 11) is 1.79. The quantitative estimate of drug-likeness (QED) is 0.872. The normalized spacial score (nSPS) is 27.1. The first-order valence-electron chi connectivity index (χ1n) is 7.96. The molecule has 0 bridgehead atoms. The first-order valence-corrected chi connectivity index (χ1v) is 8.84. The molecule has 2 fully saturated rings. The molecule has 2 saturated heterocycles. The van der Waals surface area contributed by atoms with Gasteiger partial charge in [-0.3, -0.25) is 4.90 Å². The van der Waals surface area contributed by atoms with Gasteiger partial charge in [0.25, 0.3) is 0 Å². The van der Waals surface area contributed by atoms with Crippen LogP contribution in [0.1, 0.15) is 24.1 Å². The van der Waals surface area contributed by atoms with Crippen LogP contribution in [0.3, 0.4) is 0 Å². The average molecular weight is 381 g/mol. The van der Waals surface area contributed by atoms with Gasteiger partial charge < -0.3 is 14.6 Å². The number of likely N-dealkylation sites (tertiary alicyclic amines) is 1. The lowest BCUT2D eigenvalue weighted by atomic mass is 9.89. The van der Waals surface area contributed by atoms with E-state index in [1.807, 2.05) is 11.3 Å². The summed E-state index contributed by atoms with van der Waals surface area (Å²) >= 11 is 1.85. The van der Waals surface area contributed by atoms with Gasteiger partial charge in [-0.25, -0.2) is 4.79 Å². The van der Waals surface area contributed by atoms with Crippen LogP contribution in [0.2, 0.25) is 0 Å². The molecule has 1 aromatic rings. The maximum atomic E-state index is 10.6. The van der Waals surface area contributed by atoms with Crippen molar-refractivity contribution < 1.29 is 32.5 Å². The molecule has 1 N–H and O–H groups in total.